The fourth-order valence-electron chi connectivity index (χ4n) is 3.27. The topological polar surface area (TPSA) is 55.4 Å². The average Bonchev–Trinajstić information content (AvgIpc) is 2.79. The molecule has 172 valence electrons. The van der Waals surface area contributed by atoms with Crippen molar-refractivity contribution < 1.29 is 27.5 Å². The summed E-state index contributed by atoms with van der Waals surface area (Å²) in [7, 11) is 0. The second-order valence-corrected chi connectivity index (χ2v) is 7.58. The summed E-state index contributed by atoms with van der Waals surface area (Å²) < 4.78 is 43.5. The SMILES string of the molecule is CCCCCC(=O)c1ccc(-c2ccc(OC(=O)Nc3cccc(C(F)(F)F)c3)cc2)cc1. The molecule has 0 spiro atoms. The van der Waals surface area contributed by atoms with Crippen molar-refractivity contribution in [2.24, 2.45) is 0 Å². The van der Waals surface area contributed by atoms with E-state index in [-0.39, 0.29) is 17.2 Å². The lowest BCUT2D eigenvalue weighted by molar-refractivity contribution is -0.137. The van der Waals surface area contributed by atoms with Gasteiger partial charge in [0.05, 0.1) is 5.56 Å². The molecule has 0 aliphatic carbocycles. The van der Waals surface area contributed by atoms with E-state index >= 15 is 0 Å². The average molecular weight is 455 g/mol. The third-order valence-corrected chi connectivity index (χ3v) is 5.05. The van der Waals surface area contributed by atoms with E-state index in [1.54, 1.807) is 36.4 Å². The van der Waals surface area contributed by atoms with Gasteiger partial charge in [0.1, 0.15) is 5.75 Å². The van der Waals surface area contributed by atoms with E-state index in [2.05, 4.69) is 12.2 Å². The first-order valence-corrected chi connectivity index (χ1v) is 10.7. The molecule has 0 fully saturated rings. The summed E-state index contributed by atoms with van der Waals surface area (Å²) in [6.45, 7) is 2.10. The lowest BCUT2D eigenvalue weighted by Crippen LogP contribution is -2.17. The number of rotatable bonds is 8. The third kappa shape index (κ3) is 6.94. The van der Waals surface area contributed by atoms with E-state index in [1.165, 1.54) is 12.1 Å². The van der Waals surface area contributed by atoms with Crippen molar-refractivity contribution in [1.29, 1.82) is 0 Å². The standard InChI is InChI=1S/C26H24F3NO3/c1-2-3-4-8-24(31)20-11-9-18(10-12-20)19-13-15-23(16-14-19)33-25(32)30-22-7-5-6-21(17-22)26(27,28)29/h5-7,9-17H,2-4,8H2,1H3,(H,30,32). The minimum Gasteiger partial charge on any atom is -0.410 e. The molecule has 0 unspecified atom stereocenters. The molecule has 4 nitrogen and oxygen atoms in total. The van der Waals surface area contributed by atoms with Crippen LogP contribution < -0.4 is 10.1 Å². The number of amides is 1. The van der Waals surface area contributed by atoms with Crippen LogP contribution in [0.25, 0.3) is 11.1 Å². The van der Waals surface area contributed by atoms with Crippen LogP contribution in [0.15, 0.2) is 72.8 Å². The van der Waals surface area contributed by atoms with Crippen molar-refractivity contribution in [1.82, 2.24) is 0 Å². The van der Waals surface area contributed by atoms with Crippen LogP contribution in [0.5, 0.6) is 5.75 Å². The minimum atomic E-state index is -4.50. The number of carbonyl (C=O) groups is 2. The molecule has 0 aliphatic heterocycles. The molecule has 1 N–H and O–H groups in total. The summed E-state index contributed by atoms with van der Waals surface area (Å²) in [6.07, 6.45) is -1.86. The van der Waals surface area contributed by atoms with Crippen molar-refractivity contribution in [3.05, 3.63) is 83.9 Å². The molecule has 0 radical (unpaired) electrons. The Morgan fingerprint density at radius 1 is 0.879 bits per heavy atom. The van der Waals surface area contributed by atoms with E-state index in [4.69, 9.17) is 4.74 Å². The predicted molar refractivity (Wildman–Crippen MR) is 121 cm³/mol. The number of ether oxygens (including phenoxy) is 1. The lowest BCUT2D eigenvalue weighted by atomic mass is 10.0. The molecule has 0 saturated carbocycles. The maximum Gasteiger partial charge on any atom is 0.417 e. The maximum absolute atomic E-state index is 12.8. The Kier molecular flexibility index (Phi) is 7.87. The Morgan fingerprint density at radius 3 is 2.12 bits per heavy atom. The minimum absolute atomic E-state index is 0.0178. The van der Waals surface area contributed by atoms with Crippen LogP contribution in [0.2, 0.25) is 0 Å². The zero-order valence-corrected chi connectivity index (χ0v) is 18.1. The Hall–Kier alpha value is -3.61. The van der Waals surface area contributed by atoms with Crippen LogP contribution in [0.4, 0.5) is 23.7 Å². The first-order chi connectivity index (χ1) is 15.8. The number of unbranched alkanes of at least 4 members (excludes halogenated alkanes) is 2. The third-order valence-electron chi connectivity index (χ3n) is 5.05. The van der Waals surface area contributed by atoms with Crippen LogP contribution in [0.3, 0.4) is 0 Å². The van der Waals surface area contributed by atoms with Gasteiger partial charge < -0.3 is 4.74 Å². The molecular formula is C26H24F3NO3. The normalized spacial score (nSPS) is 11.2. The monoisotopic (exact) mass is 455 g/mol. The summed E-state index contributed by atoms with van der Waals surface area (Å²) in [4.78, 5) is 24.2. The molecule has 0 heterocycles. The van der Waals surface area contributed by atoms with Gasteiger partial charge in [0.15, 0.2) is 5.78 Å². The molecule has 33 heavy (non-hydrogen) atoms. The molecular weight excluding hydrogens is 431 g/mol. The van der Waals surface area contributed by atoms with Crippen molar-refractivity contribution in [2.45, 2.75) is 38.8 Å². The van der Waals surface area contributed by atoms with Gasteiger partial charge >= 0.3 is 12.3 Å². The van der Waals surface area contributed by atoms with Crippen LogP contribution in [0.1, 0.15) is 48.5 Å². The number of hydrogen-bond donors (Lipinski definition) is 1. The Labute approximate surface area is 190 Å². The first kappa shape index (κ1) is 24.0. The summed E-state index contributed by atoms with van der Waals surface area (Å²) in [5.74, 6) is 0.372. The van der Waals surface area contributed by atoms with Gasteiger partial charge in [-0.05, 0) is 47.9 Å². The number of carbonyl (C=O) groups excluding carboxylic acids is 2. The highest BCUT2D eigenvalue weighted by Gasteiger charge is 2.30. The van der Waals surface area contributed by atoms with Gasteiger partial charge in [-0.2, -0.15) is 13.2 Å². The largest absolute Gasteiger partial charge is 0.417 e. The maximum atomic E-state index is 12.8. The van der Waals surface area contributed by atoms with Crippen LogP contribution in [0, 0.1) is 0 Å². The number of nitrogens with one attached hydrogen (secondary N) is 1. The number of halogens is 3. The van der Waals surface area contributed by atoms with Gasteiger partial charge in [0, 0.05) is 17.7 Å². The van der Waals surface area contributed by atoms with E-state index in [9.17, 15) is 22.8 Å². The second kappa shape index (κ2) is 10.8. The smallest absolute Gasteiger partial charge is 0.410 e. The van der Waals surface area contributed by atoms with Gasteiger partial charge in [0.25, 0.3) is 0 Å². The highest BCUT2D eigenvalue weighted by atomic mass is 19.4. The Balaban J connectivity index is 1.59. The molecule has 1 amide bonds. The number of hydrogen-bond acceptors (Lipinski definition) is 3. The van der Waals surface area contributed by atoms with E-state index in [0.29, 0.717) is 12.0 Å². The zero-order valence-electron chi connectivity index (χ0n) is 18.1. The molecule has 3 aromatic carbocycles. The molecule has 3 rings (SSSR count). The molecule has 0 atom stereocenters. The number of ketones is 1. The summed E-state index contributed by atoms with van der Waals surface area (Å²) >= 11 is 0. The van der Waals surface area contributed by atoms with E-state index in [1.807, 2.05) is 12.1 Å². The number of Topliss-reactive ketones (excluding diaryl/α,β-unsaturated/α-hetero) is 1. The van der Waals surface area contributed by atoms with Gasteiger partial charge in [-0.15, -0.1) is 0 Å². The summed E-state index contributed by atoms with van der Waals surface area (Å²) in [5.41, 5.74) is 1.57. The highest BCUT2D eigenvalue weighted by Crippen LogP contribution is 2.31. The lowest BCUT2D eigenvalue weighted by Gasteiger charge is -2.10. The number of anilines is 1. The second-order valence-electron chi connectivity index (χ2n) is 7.58. The van der Waals surface area contributed by atoms with Gasteiger partial charge in [-0.25, -0.2) is 4.79 Å². The van der Waals surface area contributed by atoms with Crippen LogP contribution in [-0.4, -0.2) is 11.9 Å². The van der Waals surface area contributed by atoms with Crippen LogP contribution in [-0.2, 0) is 6.18 Å². The molecule has 0 saturated heterocycles. The quantitative estimate of drug-likeness (QED) is 0.279. The van der Waals surface area contributed by atoms with Crippen molar-refractivity contribution >= 4 is 17.6 Å². The fourth-order valence-corrected chi connectivity index (χ4v) is 3.27. The fraction of sp³-hybridized carbons (Fsp3) is 0.231. The van der Waals surface area contributed by atoms with Gasteiger partial charge in [-0.3, -0.25) is 10.1 Å². The summed E-state index contributed by atoms with van der Waals surface area (Å²) in [5, 5.41) is 2.29. The molecule has 0 aromatic heterocycles. The number of benzene rings is 3. The predicted octanol–water partition coefficient (Wildman–Crippen LogP) is 7.75. The van der Waals surface area contributed by atoms with Gasteiger partial charge in [0.2, 0.25) is 0 Å². The highest BCUT2D eigenvalue weighted by molar-refractivity contribution is 5.96. The van der Waals surface area contributed by atoms with Crippen LogP contribution >= 0.6 is 0 Å². The Morgan fingerprint density at radius 2 is 1.52 bits per heavy atom. The Bertz CT molecular complexity index is 1090. The van der Waals surface area contributed by atoms with Crippen molar-refractivity contribution in [3.8, 4) is 16.9 Å². The van der Waals surface area contributed by atoms with E-state index < -0.39 is 17.8 Å². The molecule has 0 bridgehead atoms. The number of alkyl halides is 3. The van der Waals surface area contributed by atoms with Crippen molar-refractivity contribution in [3.63, 3.8) is 0 Å². The molecule has 7 heteroatoms. The molecule has 0 aliphatic rings. The summed E-state index contributed by atoms with van der Waals surface area (Å²) in [6, 6.07) is 18.3. The van der Waals surface area contributed by atoms with Crippen molar-refractivity contribution in [2.75, 3.05) is 5.32 Å². The zero-order chi connectivity index (χ0) is 23.8. The first-order valence-electron chi connectivity index (χ1n) is 10.7. The molecule has 3 aromatic rings. The van der Waals surface area contributed by atoms with Gasteiger partial charge in [-0.1, -0.05) is 62.2 Å². The van der Waals surface area contributed by atoms with E-state index in [0.717, 1.165) is 42.5 Å².